The van der Waals surface area contributed by atoms with E-state index in [1.165, 1.54) is 0 Å². The molecule has 16 heavy (non-hydrogen) atoms. The van der Waals surface area contributed by atoms with Crippen molar-refractivity contribution in [3.63, 3.8) is 0 Å². The SMILES string of the molecule is COCc1c(Br)cccc1NC1=NCCC1. The number of ether oxygens (including phenoxy) is 1. The van der Waals surface area contributed by atoms with Crippen molar-refractivity contribution in [1.29, 1.82) is 0 Å². The molecule has 0 amide bonds. The fourth-order valence-corrected chi connectivity index (χ4v) is 2.24. The summed E-state index contributed by atoms with van der Waals surface area (Å²) in [5.41, 5.74) is 2.22. The first-order chi connectivity index (χ1) is 7.81. The van der Waals surface area contributed by atoms with E-state index in [-0.39, 0.29) is 0 Å². The zero-order chi connectivity index (χ0) is 11.4. The van der Waals surface area contributed by atoms with Gasteiger partial charge in [0.25, 0.3) is 0 Å². The molecule has 0 aliphatic carbocycles. The minimum absolute atomic E-state index is 0.594. The lowest BCUT2D eigenvalue weighted by molar-refractivity contribution is 0.185. The first-order valence-electron chi connectivity index (χ1n) is 5.38. The van der Waals surface area contributed by atoms with Gasteiger partial charge in [0.05, 0.1) is 6.61 Å². The number of amidine groups is 1. The monoisotopic (exact) mass is 282 g/mol. The second kappa shape index (κ2) is 5.46. The molecule has 0 saturated heterocycles. The lowest BCUT2D eigenvalue weighted by Gasteiger charge is -2.12. The van der Waals surface area contributed by atoms with Crippen LogP contribution in [0.2, 0.25) is 0 Å². The molecular weight excluding hydrogens is 268 g/mol. The molecule has 1 N–H and O–H groups in total. The first-order valence-corrected chi connectivity index (χ1v) is 6.17. The van der Waals surface area contributed by atoms with Gasteiger partial charge in [0, 0.05) is 35.8 Å². The number of methoxy groups -OCH3 is 1. The van der Waals surface area contributed by atoms with Crippen molar-refractivity contribution in [3.05, 3.63) is 28.2 Å². The number of nitrogens with zero attached hydrogens (tertiary/aromatic N) is 1. The summed E-state index contributed by atoms with van der Waals surface area (Å²) >= 11 is 3.54. The highest BCUT2D eigenvalue weighted by atomic mass is 79.9. The molecule has 0 atom stereocenters. The molecule has 0 saturated carbocycles. The van der Waals surface area contributed by atoms with Crippen molar-refractivity contribution in [2.75, 3.05) is 19.0 Å². The smallest absolute Gasteiger partial charge is 0.101 e. The van der Waals surface area contributed by atoms with Crippen molar-refractivity contribution in [2.45, 2.75) is 19.4 Å². The molecule has 0 radical (unpaired) electrons. The van der Waals surface area contributed by atoms with Crippen molar-refractivity contribution in [3.8, 4) is 0 Å². The van der Waals surface area contributed by atoms with E-state index in [0.717, 1.165) is 40.9 Å². The summed E-state index contributed by atoms with van der Waals surface area (Å²) in [6.07, 6.45) is 2.19. The third-order valence-electron chi connectivity index (χ3n) is 2.56. The van der Waals surface area contributed by atoms with Crippen LogP contribution in [0.3, 0.4) is 0 Å². The molecule has 1 aliphatic rings. The minimum atomic E-state index is 0.594. The maximum absolute atomic E-state index is 5.20. The highest BCUT2D eigenvalue weighted by Gasteiger charge is 2.10. The molecule has 1 aromatic rings. The molecular formula is C12H15BrN2O. The van der Waals surface area contributed by atoms with Gasteiger partial charge in [0.1, 0.15) is 5.84 Å². The average molecular weight is 283 g/mol. The van der Waals surface area contributed by atoms with Gasteiger partial charge in [-0.25, -0.2) is 0 Å². The number of rotatable bonds is 3. The maximum Gasteiger partial charge on any atom is 0.101 e. The average Bonchev–Trinajstić information content (AvgIpc) is 2.76. The van der Waals surface area contributed by atoms with Gasteiger partial charge in [-0.1, -0.05) is 22.0 Å². The summed E-state index contributed by atoms with van der Waals surface area (Å²) in [5.74, 6) is 1.08. The second-order valence-corrected chi connectivity index (χ2v) is 4.61. The first kappa shape index (κ1) is 11.6. The van der Waals surface area contributed by atoms with Crippen molar-refractivity contribution >= 4 is 27.5 Å². The summed E-state index contributed by atoms with van der Waals surface area (Å²) in [7, 11) is 1.70. The van der Waals surface area contributed by atoms with Gasteiger partial charge in [-0.2, -0.15) is 0 Å². The van der Waals surface area contributed by atoms with Crippen LogP contribution in [-0.4, -0.2) is 19.5 Å². The molecule has 0 spiro atoms. The topological polar surface area (TPSA) is 33.6 Å². The van der Waals surface area contributed by atoms with Gasteiger partial charge in [-0.05, 0) is 18.6 Å². The number of hydrogen-bond acceptors (Lipinski definition) is 3. The summed E-state index contributed by atoms with van der Waals surface area (Å²) in [6.45, 7) is 1.53. The van der Waals surface area contributed by atoms with E-state index in [0.29, 0.717) is 6.61 Å². The van der Waals surface area contributed by atoms with Crippen LogP contribution in [0.4, 0.5) is 5.69 Å². The second-order valence-electron chi connectivity index (χ2n) is 3.76. The minimum Gasteiger partial charge on any atom is -0.380 e. The lowest BCUT2D eigenvalue weighted by Crippen LogP contribution is -2.10. The van der Waals surface area contributed by atoms with E-state index in [2.05, 4.69) is 32.3 Å². The molecule has 1 aliphatic heterocycles. The maximum atomic E-state index is 5.20. The Kier molecular flexibility index (Phi) is 3.96. The zero-order valence-electron chi connectivity index (χ0n) is 9.29. The quantitative estimate of drug-likeness (QED) is 0.924. The highest BCUT2D eigenvalue weighted by molar-refractivity contribution is 9.10. The molecule has 0 unspecified atom stereocenters. The summed E-state index contributed by atoms with van der Waals surface area (Å²) < 4.78 is 6.27. The van der Waals surface area contributed by atoms with Crippen molar-refractivity contribution < 1.29 is 4.74 Å². The summed E-state index contributed by atoms with van der Waals surface area (Å²) in [5, 5.41) is 3.38. The van der Waals surface area contributed by atoms with Crippen molar-refractivity contribution in [2.24, 2.45) is 4.99 Å². The highest BCUT2D eigenvalue weighted by Crippen LogP contribution is 2.26. The molecule has 4 heteroatoms. The predicted octanol–water partition coefficient (Wildman–Crippen LogP) is 3.20. The van der Waals surface area contributed by atoms with Crippen molar-refractivity contribution in [1.82, 2.24) is 0 Å². The molecule has 0 aromatic heterocycles. The van der Waals surface area contributed by atoms with Crippen LogP contribution in [-0.2, 0) is 11.3 Å². The number of aliphatic imine (C=N–C) groups is 1. The molecule has 3 nitrogen and oxygen atoms in total. The Morgan fingerprint density at radius 3 is 3.06 bits per heavy atom. The molecule has 2 rings (SSSR count). The molecule has 0 fully saturated rings. The Bertz CT molecular complexity index is 404. The predicted molar refractivity (Wildman–Crippen MR) is 70.0 cm³/mol. The molecule has 1 heterocycles. The normalized spacial score (nSPS) is 15.0. The summed E-state index contributed by atoms with van der Waals surface area (Å²) in [4.78, 5) is 4.41. The fourth-order valence-electron chi connectivity index (χ4n) is 1.76. The van der Waals surface area contributed by atoms with E-state index >= 15 is 0 Å². The van der Waals surface area contributed by atoms with Crippen LogP contribution in [0.1, 0.15) is 18.4 Å². The Labute approximate surface area is 104 Å². The van der Waals surface area contributed by atoms with Gasteiger partial charge in [0.15, 0.2) is 0 Å². The third-order valence-corrected chi connectivity index (χ3v) is 3.30. The number of nitrogens with one attached hydrogen (secondary N) is 1. The van der Waals surface area contributed by atoms with Gasteiger partial charge < -0.3 is 10.1 Å². The number of hydrogen-bond donors (Lipinski definition) is 1. The van der Waals surface area contributed by atoms with E-state index in [9.17, 15) is 0 Å². The van der Waals surface area contributed by atoms with Crippen LogP contribution >= 0.6 is 15.9 Å². The van der Waals surface area contributed by atoms with Gasteiger partial charge in [-0.3, -0.25) is 4.99 Å². The summed E-state index contributed by atoms with van der Waals surface area (Å²) in [6, 6.07) is 6.09. The fraction of sp³-hybridized carbons (Fsp3) is 0.417. The van der Waals surface area contributed by atoms with Crippen LogP contribution in [0.5, 0.6) is 0 Å². The largest absolute Gasteiger partial charge is 0.380 e. The number of anilines is 1. The van der Waals surface area contributed by atoms with E-state index < -0.39 is 0 Å². The Balaban J connectivity index is 2.21. The van der Waals surface area contributed by atoms with Crippen LogP contribution in [0.15, 0.2) is 27.7 Å². The number of halogens is 1. The molecule has 86 valence electrons. The molecule has 0 bridgehead atoms. The third kappa shape index (κ3) is 2.62. The molecule has 1 aromatic carbocycles. The van der Waals surface area contributed by atoms with E-state index in [1.807, 2.05) is 12.1 Å². The van der Waals surface area contributed by atoms with Gasteiger partial charge in [0.2, 0.25) is 0 Å². The Hall–Kier alpha value is -0.870. The lowest BCUT2D eigenvalue weighted by atomic mass is 10.2. The standard InChI is InChI=1S/C12H15BrN2O/c1-16-8-9-10(13)4-2-5-11(9)15-12-6-3-7-14-12/h2,4-5H,3,6-8H2,1H3,(H,14,15). The zero-order valence-corrected chi connectivity index (χ0v) is 10.9. The van der Waals surface area contributed by atoms with Gasteiger partial charge in [-0.15, -0.1) is 0 Å². The number of benzene rings is 1. The van der Waals surface area contributed by atoms with E-state index in [4.69, 9.17) is 4.74 Å². The van der Waals surface area contributed by atoms with Gasteiger partial charge >= 0.3 is 0 Å². The Morgan fingerprint density at radius 1 is 1.50 bits per heavy atom. The van der Waals surface area contributed by atoms with Crippen LogP contribution < -0.4 is 5.32 Å². The van der Waals surface area contributed by atoms with Crippen LogP contribution in [0.25, 0.3) is 0 Å². The Morgan fingerprint density at radius 2 is 2.38 bits per heavy atom. The van der Waals surface area contributed by atoms with Crippen LogP contribution in [0, 0.1) is 0 Å². The van der Waals surface area contributed by atoms with E-state index in [1.54, 1.807) is 7.11 Å².